The van der Waals surface area contributed by atoms with Crippen LogP contribution in [0.5, 0.6) is 0 Å². The Morgan fingerprint density at radius 2 is 2.00 bits per heavy atom. The zero-order valence-corrected chi connectivity index (χ0v) is 12.5. The third kappa shape index (κ3) is 2.79. The van der Waals surface area contributed by atoms with Crippen molar-refractivity contribution in [3.8, 4) is 0 Å². The van der Waals surface area contributed by atoms with Gasteiger partial charge in [-0.3, -0.25) is 4.79 Å². The summed E-state index contributed by atoms with van der Waals surface area (Å²) >= 11 is 7.09. The lowest BCUT2D eigenvalue weighted by Crippen LogP contribution is -2.36. The van der Waals surface area contributed by atoms with Crippen molar-refractivity contribution >= 4 is 49.8 Å². The predicted octanol–water partition coefficient (Wildman–Crippen LogP) is 2.77. The highest BCUT2D eigenvalue weighted by Gasteiger charge is 2.46. The van der Waals surface area contributed by atoms with E-state index in [1.807, 2.05) is 0 Å². The molecular weight excluding hydrogens is 382 g/mol. The third-order valence-corrected chi connectivity index (χ3v) is 7.26. The van der Waals surface area contributed by atoms with Gasteiger partial charge in [0, 0.05) is 0 Å². The van der Waals surface area contributed by atoms with Gasteiger partial charge in [0.05, 0.1) is 11.3 Å². The van der Waals surface area contributed by atoms with Crippen molar-refractivity contribution in [2.75, 3.05) is 5.75 Å². The van der Waals surface area contributed by atoms with Crippen LogP contribution in [0.15, 0.2) is 24.3 Å². The van der Waals surface area contributed by atoms with Crippen LogP contribution in [0.3, 0.4) is 0 Å². The lowest BCUT2D eigenvalue weighted by Gasteiger charge is -2.18. The average Bonchev–Trinajstić information content (AvgIpc) is 2.28. The average molecular weight is 391 g/mol. The van der Waals surface area contributed by atoms with Crippen LogP contribution in [-0.4, -0.2) is 22.2 Å². The SMILES string of the molecule is CCS(=O)(=O)C(Cl)(I)C(=O)c1ccccc1F. The summed E-state index contributed by atoms with van der Waals surface area (Å²) < 4.78 is 34.5. The Labute approximate surface area is 117 Å². The highest BCUT2D eigenvalue weighted by Crippen LogP contribution is 2.36. The van der Waals surface area contributed by atoms with Crippen LogP contribution < -0.4 is 0 Å². The molecule has 1 aromatic rings. The van der Waals surface area contributed by atoms with E-state index in [4.69, 9.17) is 11.6 Å². The van der Waals surface area contributed by atoms with Crippen LogP contribution in [0.25, 0.3) is 0 Å². The number of benzene rings is 1. The zero-order valence-electron chi connectivity index (χ0n) is 8.78. The maximum atomic E-state index is 13.4. The molecule has 1 rings (SSSR count). The molecule has 0 aliphatic heterocycles. The van der Waals surface area contributed by atoms with Crippen LogP contribution in [0.1, 0.15) is 17.3 Å². The molecule has 0 spiro atoms. The minimum absolute atomic E-state index is 0.292. The van der Waals surface area contributed by atoms with Crippen molar-refractivity contribution in [1.82, 2.24) is 0 Å². The minimum Gasteiger partial charge on any atom is -0.290 e. The first-order chi connectivity index (χ1) is 7.74. The number of carbonyl (C=O) groups excluding carboxylic acids is 1. The van der Waals surface area contributed by atoms with Crippen molar-refractivity contribution in [2.24, 2.45) is 0 Å². The van der Waals surface area contributed by atoms with Crippen molar-refractivity contribution < 1.29 is 17.6 Å². The smallest absolute Gasteiger partial charge is 0.257 e. The third-order valence-electron chi connectivity index (χ3n) is 2.15. The molecule has 0 bridgehead atoms. The first-order valence-electron chi connectivity index (χ1n) is 4.63. The van der Waals surface area contributed by atoms with Gasteiger partial charge in [-0.15, -0.1) is 0 Å². The number of rotatable bonds is 4. The summed E-state index contributed by atoms with van der Waals surface area (Å²) in [6.07, 6.45) is 0. The number of ketones is 1. The van der Waals surface area contributed by atoms with Gasteiger partial charge < -0.3 is 0 Å². The van der Waals surface area contributed by atoms with Crippen LogP contribution in [-0.2, 0) is 9.84 Å². The van der Waals surface area contributed by atoms with Crippen LogP contribution in [0, 0.1) is 5.82 Å². The molecule has 0 saturated heterocycles. The standard InChI is InChI=1S/C10H9ClFIO3S/c1-2-17(15,16)10(11,13)9(14)7-5-3-4-6-8(7)12/h3-6H,2H2,1H3. The van der Waals surface area contributed by atoms with Crippen molar-refractivity contribution in [1.29, 1.82) is 0 Å². The Kier molecular flexibility index (Phi) is 4.54. The van der Waals surface area contributed by atoms with E-state index in [1.54, 1.807) is 0 Å². The summed E-state index contributed by atoms with van der Waals surface area (Å²) in [5, 5.41) is 0. The molecule has 0 heterocycles. The van der Waals surface area contributed by atoms with Gasteiger partial charge >= 0.3 is 0 Å². The second-order valence-corrected chi connectivity index (χ2v) is 9.43. The molecule has 1 unspecified atom stereocenters. The second kappa shape index (κ2) is 5.19. The van der Waals surface area contributed by atoms with E-state index >= 15 is 0 Å². The fourth-order valence-electron chi connectivity index (χ4n) is 1.12. The Morgan fingerprint density at radius 1 is 1.47 bits per heavy atom. The largest absolute Gasteiger partial charge is 0.290 e. The van der Waals surface area contributed by atoms with Crippen LogP contribution >= 0.6 is 34.2 Å². The fraction of sp³-hybridized carbons (Fsp3) is 0.300. The molecule has 7 heteroatoms. The Balaban J connectivity index is 3.28. The molecule has 0 fully saturated rings. The number of hydrogen-bond acceptors (Lipinski definition) is 3. The van der Waals surface area contributed by atoms with E-state index in [-0.39, 0.29) is 11.3 Å². The van der Waals surface area contributed by atoms with E-state index in [1.165, 1.54) is 47.7 Å². The first kappa shape index (κ1) is 14.8. The fourth-order valence-corrected chi connectivity index (χ4v) is 3.53. The van der Waals surface area contributed by atoms with E-state index in [0.717, 1.165) is 6.07 Å². The second-order valence-electron chi connectivity index (χ2n) is 3.23. The van der Waals surface area contributed by atoms with Crippen LogP contribution in [0.2, 0.25) is 0 Å². The van der Waals surface area contributed by atoms with Gasteiger partial charge in [-0.25, -0.2) is 12.8 Å². The predicted molar refractivity (Wildman–Crippen MR) is 72.8 cm³/mol. The molecule has 3 nitrogen and oxygen atoms in total. The Morgan fingerprint density at radius 3 is 2.47 bits per heavy atom. The normalized spacial score (nSPS) is 15.3. The van der Waals surface area contributed by atoms with E-state index < -0.39 is 23.7 Å². The molecule has 0 N–H and O–H groups in total. The molecule has 94 valence electrons. The van der Waals surface area contributed by atoms with Crippen molar-refractivity contribution in [3.63, 3.8) is 0 Å². The summed E-state index contributed by atoms with van der Waals surface area (Å²) in [5.41, 5.74) is -0.325. The van der Waals surface area contributed by atoms with Gasteiger partial charge in [0.2, 0.25) is 5.78 Å². The monoisotopic (exact) mass is 390 g/mol. The van der Waals surface area contributed by atoms with Gasteiger partial charge in [0.25, 0.3) is 2.21 Å². The van der Waals surface area contributed by atoms with Crippen molar-refractivity contribution in [3.05, 3.63) is 35.6 Å². The summed E-state index contributed by atoms with van der Waals surface area (Å²) in [6, 6.07) is 5.13. The minimum atomic E-state index is -3.83. The summed E-state index contributed by atoms with van der Waals surface area (Å²) in [4.78, 5) is 11.9. The molecule has 0 aliphatic rings. The Bertz CT molecular complexity index is 542. The molecule has 0 radical (unpaired) electrons. The van der Waals surface area contributed by atoms with Gasteiger partial charge in [-0.05, 0) is 34.7 Å². The van der Waals surface area contributed by atoms with Gasteiger partial charge in [0.15, 0.2) is 9.84 Å². The first-order valence-corrected chi connectivity index (χ1v) is 7.74. The summed E-state index contributed by atoms with van der Waals surface area (Å²) in [5.74, 6) is -2.04. The van der Waals surface area contributed by atoms with E-state index in [0.29, 0.717) is 0 Å². The lowest BCUT2D eigenvalue weighted by atomic mass is 10.1. The van der Waals surface area contributed by atoms with Crippen molar-refractivity contribution in [2.45, 2.75) is 9.14 Å². The van der Waals surface area contributed by atoms with Gasteiger partial charge in [0.1, 0.15) is 5.82 Å². The molecule has 0 amide bonds. The summed E-state index contributed by atoms with van der Waals surface area (Å²) in [6.45, 7) is 1.37. The molecule has 0 aliphatic carbocycles. The molecule has 0 aromatic heterocycles. The number of hydrogen-bond donors (Lipinski definition) is 0. The van der Waals surface area contributed by atoms with E-state index in [2.05, 4.69) is 0 Å². The maximum Gasteiger partial charge on any atom is 0.257 e. The molecule has 17 heavy (non-hydrogen) atoms. The highest BCUT2D eigenvalue weighted by molar-refractivity contribution is 14.1. The molecule has 1 atom stereocenters. The summed E-state index contributed by atoms with van der Waals surface area (Å²) in [7, 11) is -3.83. The quantitative estimate of drug-likeness (QED) is 0.451. The topological polar surface area (TPSA) is 51.2 Å². The maximum absolute atomic E-state index is 13.4. The number of Topliss-reactive ketones (excluding diaryl/α,β-unsaturated/α-hetero) is 1. The number of carbonyl (C=O) groups is 1. The van der Waals surface area contributed by atoms with Crippen LogP contribution in [0.4, 0.5) is 4.39 Å². The van der Waals surface area contributed by atoms with Gasteiger partial charge in [-0.1, -0.05) is 30.7 Å². The number of alkyl halides is 2. The lowest BCUT2D eigenvalue weighted by molar-refractivity contribution is 0.0998. The molecule has 1 aromatic carbocycles. The Hall–Kier alpha value is -0.210. The molecular formula is C10H9ClFIO3S. The number of sulfone groups is 1. The van der Waals surface area contributed by atoms with Gasteiger partial charge in [-0.2, -0.15) is 0 Å². The highest BCUT2D eigenvalue weighted by atomic mass is 127. The van der Waals surface area contributed by atoms with E-state index in [9.17, 15) is 17.6 Å². The molecule has 0 saturated carbocycles. The number of halogens is 3. The zero-order chi connectivity index (χ0) is 13.3.